The Morgan fingerprint density at radius 2 is 1.84 bits per heavy atom. The van der Waals surface area contributed by atoms with Gasteiger partial charge in [0.05, 0.1) is 40.0 Å². The molecule has 0 N–H and O–H groups in total. The molecule has 7 aromatic rings. The van der Waals surface area contributed by atoms with Crippen LogP contribution in [0.4, 0.5) is 13.6 Å². The number of fused-ring (bicyclic) bond motifs is 8. The van der Waals surface area contributed by atoms with Crippen LogP contribution in [0.5, 0.6) is 0 Å². The molecule has 0 saturated heterocycles. The average Bonchev–Trinajstić information content (AvgIpc) is 3.49. The Kier molecular flexibility index (Phi) is 4.47. The van der Waals surface area contributed by atoms with Crippen LogP contribution in [0.3, 0.4) is 0 Å². The minimum absolute atomic E-state index is 0.0101. The van der Waals surface area contributed by atoms with Gasteiger partial charge in [0.15, 0.2) is 5.81 Å². The summed E-state index contributed by atoms with van der Waals surface area (Å²) in [5.74, 6) is -2.39. The summed E-state index contributed by atoms with van der Waals surface area (Å²) in [6.07, 6.45) is 3.72. The number of benzene rings is 2. The molecule has 0 bridgehead atoms. The minimum Gasteiger partial charge on any atom is -0.463 e. The van der Waals surface area contributed by atoms with Crippen molar-refractivity contribution >= 4 is 68.4 Å². The maximum Gasteiger partial charge on any atom is 0.362 e. The molecule has 38 heavy (non-hydrogen) atoms. The van der Waals surface area contributed by atoms with Crippen molar-refractivity contribution in [2.75, 3.05) is 0 Å². The van der Waals surface area contributed by atoms with E-state index >= 15 is 8.78 Å². The molecule has 0 fully saturated rings. The van der Waals surface area contributed by atoms with E-state index in [9.17, 15) is 14.4 Å². The normalized spacial score (nSPS) is 11.9. The van der Waals surface area contributed by atoms with Crippen molar-refractivity contribution in [3.63, 3.8) is 0 Å². The largest absolute Gasteiger partial charge is 0.463 e. The molecule has 2 aromatic carbocycles. The number of aromatic nitrogens is 4. The molecule has 0 spiro atoms. The predicted molar refractivity (Wildman–Crippen MR) is 135 cm³/mol. The van der Waals surface area contributed by atoms with Gasteiger partial charge in [-0.3, -0.25) is 9.59 Å². The zero-order chi connectivity index (χ0) is 26.3. The lowest BCUT2D eigenvalue weighted by Gasteiger charge is -2.10. The van der Waals surface area contributed by atoms with Crippen molar-refractivity contribution in [3.05, 3.63) is 93.2 Å². The number of pyridine rings is 1. The molecule has 0 atom stereocenters. The summed E-state index contributed by atoms with van der Waals surface area (Å²) >= 11 is 0. The highest BCUT2D eigenvalue weighted by molar-refractivity contribution is 6.57. The van der Waals surface area contributed by atoms with Gasteiger partial charge in [-0.15, -0.1) is 0 Å². The Balaban J connectivity index is 1.60. The van der Waals surface area contributed by atoms with Gasteiger partial charge >= 0.3 is 5.63 Å². The van der Waals surface area contributed by atoms with Crippen LogP contribution < -0.4 is 11.2 Å². The molecule has 0 amide bonds. The van der Waals surface area contributed by atoms with Crippen LogP contribution in [0.25, 0.3) is 54.8 Å². The Bertz CT molecular complexity index is 2280. The fourth-order valence-electron chi connectivity index (χ4n) is 4.98. The van der Waals surface area contributed by atoms with Gasteiger partial charge in [0.25, 0.3) is 5.56 Å². The van der Waals surface area contributed by atoms with E-state index in [4.69, 9.17) is 16.7 Å². The summed E-state index contributed by atoms with van der Waals surface area (Å²) in [6, 6.07) is 8.33. The second-order valence-electron chi connectivity index (χ2n) is 8.69. The Labute approximate surface area is 209 Å². The fourth-order valence-corrected chi connectivity index (χ4v) is 4.98. The molecule has 0 aliphatic carbocycles. The molecule has 0 unspecified atom stereocenters. The molecule has 12 heteroatoms. The first kappa shape index (κ1) is 22.1. The van der Waals surface area contributed by atoms with Crippen LogP contribution in [0.1, 0.15) is 5.56 Å². The highest BCUT2D eigenvalue weighted by atomic mass is 19.1. The first-order valence-corrected chi connectivity index (χ1v) is 11.2. The lowest BCUT2D eigenvalue weighted by molar-refractivity contribution is 0.260. The quantitative estimate of drug-likeness (QED) is 0.322. The third-order valence-electron chi connectivity index (χ3n) is 6.63. The van der Waals surface area contributed by atoms with Gasteiger partial charge in [-0.2, -0.15) is 0 Å². The third-order valence-corrected chi connectivity index (χ3v) is 6.63. The van der Waals surface area contributed by atoms with Crippen molar-refractivity contribution in [2.45, 2.75) is 6.54 Å². The van der Waals surface area contributed by atoms with Crippen LogP contribution in [0, 0.1) is 11.6 Å². The molecule has 2 radical (unpaired) electrons. The van der Waals surface area contributed by atoms with Crippen LogP contribution in [-0.2, 0) is 6.54 Å². The first-order chi connectivity index (χ1) is 18.3. The standard InChI is InChI=1S/C26H11BF2N4O5/c27-26(36)33-10-31-17-7-15(28)11(6-14(17)24(33)34)9-32-18-8-16(29)12-3-5-37-22(12)20(18)19-13-2-1-4-30-23(13)38-25(35)21(19)32/h1-8,10H,9H2. The molecule has 5 aromatic heterocycles. The van der Waals surface area contributed by atoms with Gasteiger partial charge in [0.2, 0.25) is 13.6 Å². The van der Waals surface area contributed by atoms with Crippen LogP contribution in [0.15, 0.2) is 73.6 Å². The van der Waals surface area contributed by atoms with Gasteiger partial charge in [0, 0.05) is 28.6 Å². The van der Waals surface area contributed by atoms with Crippen molar-refractivity contribution in [1.82, 2.24) is 19.1 Å². The fraction of sp³-hybridized carbons (Fsp3) is 0.0385. The maximum absolute atomic E-state index is 15.3. The summed E-state index contributed by atoms with van der Waals surface area (Å²) in [7, 11) is 5.23. The predicted octanol–water partition coefficient (Wildman–Crippen LogP) is 4.22. The lowest BCUT2D eigenvalue weighted by atomic mass is 10.1. The minimum atomic E-state index is -1.05. The van der Waals surface area contributed by atoms with Gasteiger partial charge < -0.3 is 13.4 Å². The SMILES string of the molecule is [B]C(=O)n1cnc2cc(F)c(Cn3c4cc(F)c5ccoc5c4c4c5cccnc5oc(=O)c43)cc2c1=O. The number of rotatable bonds is 2. The van der Waals surface area contributed by atoms with E-state index in [-0.39, 0.29) is 50.7 Å². The summed E-state index contributed by atoms with van der Waals surface area (Å²) in [4.78, 5) is 45.7. The Morgan fingerprint density at radius 1 is 1.00 bits per heavy atom. The van der Waals surface area contributed by atoms with Gasteiger partial charge in [-0.1, -0.05) is 0 Å². The highest BCUT2D eigenvalue weighted by Gasteiger charge is 2.24. The van der Waals surface area contributed by atoms with E-state index in [0.717, 1.165) is 12.4 Å². The van der Waals surface area contributed by atoms with E-state index in [1.165, 1.54) is 35.2 Å². The average molecular weight is 508 g/mol. The van der Waals surface area contributed by atoms with Gasteiger partial charge in [-0.05, 0) is 30.3 Å². The Morgan fingerprint density at radius 3 is 2.66 bits per heavy atom. The molecule has 0 aliphatic rings. The number of hydrogen-bond acceptors (Lipinski definition) is 7. The van der Waals surface area contributed by atoms with E-state index in [2.05, 4.69) is 9.97 Å². The van der Waals surface area contributed by atoms with Crippen molar-refractivity contribution in [1.29, 1.82) is 0 Å². The molecule has 0 saturated carbocycles. The summed E-state index contributed by atoms with van der Waals surface area (Å²) in [6.45, 7) is -0.297. The maximum atomic E-state index is 15.3. The second kappa shape index (κ2) is 7.69. The smallest absolute Gasteiger partial charge is 0.362 e. The monoisotopic (exact) mass is 508 g/mol. The van der Waals surface area contributed by atoms with Crippen LogP contribution in [-0.4, -0.2) is 32.8 Å². The van der Waals surface area contributed by atoms with Crippen LogP contribution >= 0.6 is 0 Å². The number of halogens is 2. The molecular weight excluding hydrogens is 497 g/mol. The summed E-state index contributed by atoms with van der Waals surface area (Å²) < 4.78 is 43.5. The molecular formula is C26H11BF2N4O5. The van der Waals surface area contributed by atoms with Crippen molar-refractivity contribution in [3.8, 4) is 0 Å². The highest BCUT2D eigenvalue weighted by Crippen LogP contribution is 2.39. The number of hydrogen-bond donors (Lipinski definition) is 0. The topological polar surface area (TPSA) is 113 Å². The lowest BCUT2D eigenvalue weighted by Crippen LogP contribution is -2.26. The summed E-state index contributed by atoms with van der Waals surface area (Å²) in [5.41, 5.74) is -1.03. The van der Waals surface area contributed by atoms with Crippen LogP contribution in [0.2, 0.25) is 0 Å². The molecule has 9 nitrogen and oxygen atoms in total. The Hall–Kier alpha value is -5.13. The van der Waals surface area contributed by atoms with E-state index < -0.39 is 28.6 Å². The van der Waals surface area contributed by atoms with E-state index in [1.807, 2.05) is 0 Å². The van der Waals surface area contributed by atoms with Crippen molar-refractivity contribution in [2.24, 2.45) is 0 Å². The zero-order valence-electron chi connectivity index (χ0n) is 19.1. The van der Waals surface area contributed by atoms with Gasteiger partial charge in [0.1, 0.15) is 29.1 Å². The van der Waals surface area contributed by atoms with E-state index in [1.54, 1.807) is 12.1 Å². The second-order valence-corrected chi connectivity index (χ2v) is 8.69. The molecule has 182 valence electrons. The number of nitrogens with zero attached hydrogens (tertiary/aromatic N) is 4. The first-order valence-electron chi connectivity index (χ1n) is 11.2. The summed E-state index contributed by atoms with van der Waals surface area (Å²) in [5, 5.41) is 1.44. The number of carbonyl (C=O) groups is 1. The number of carbonyl (C=O) groups excluding carboxylic acids is 1. The van der Waals surface area contributed by atoms with Crippen molar-refractivity contribution < 1.29 is 22.4 Å². The van der Waals surface area contributed by atoms with E-state index in [0.29, 0.717) is 20.7 Å². The molecule has 7 rings (SSSR count). The third kappa shape index (κ3) is 2.94. The number of furan rings is 1. The zero-order valence-corrected chi connectivity index (χ0v) is 19.1. The van der Waals surface area contributed by atoms with Gasteiger partial charge in [-0.25, -0.2) is 28.1 Å². The molecule has 5 heterocycles. The molecule has 0 aliphatic heterocycles.